The fourth-order valence-corrected chi connectivity index (χ4v) is 6.19. The van der Waals surface area contributed by atoms with Crippen LogP contribution >= 0.6 is 11.8 Å². The molecule has 0 radical (unpaired) electrons. The number of aryl methyl sites for hydroxylation is 1. The van der Waals surface area contributed by atoms with Crippen LogP contribution in [0.1, 0.15) is 27.7 Å². The van der Waals surface area contributed by atoms with Crippen molar-refractivity contribution in [1.82, 2.24) is 15.1 Å². The van der Waals surface area contributed by atoms with Crippen molar-refractivity contribution in [3.8, 4) is 16.9 Å². The Kier molecular flexibility index (Phi) is 7.43. The summed E-state index contributed by atoms with van der Waals surface area (Å²) < 4.78 is 21.6. The van der Waals surface area contributed by atoms with Crippen molar-refractivity contribution >= 4 is 29.4 Å². The van der Waals surface area contributed by atoms with E-state index in [2.05, 4.69) is 5.32 Å². The van der Waals surface area contributed by atoms with Crippen molar-refractivity contribution in [3.05, 3.63) is 126 Å². The predicted octanol–water partition coefficient (Wildman–Crippen LogP) is 6.07. The van der Waals surface area contributed by atoms with Crippen LogP contribution in [0.15, 0.2) is 102 Å². The van der Waals surface area contributed by atoms with Crippen LogP contribution in [0.3, 0.4) is 0 Å². The first-order valence-corrected chi connectivity index (χ1v) is 14.2. The second-order valence-corrected chi connectivity index (χ2v) is 10.9. The molecule has 0 bridgehead atoms. The van der Waals surface area contributed by atoms with Crippen LogP contribution in [0.5, 0.6) is 0 Å². The van der Waals surface area contributed by atoms with E-state index < -0.39 is 5.25 Å². The number of aromatic nitrogens is 2. The zero-order chi connectivity index (χ0) is 28.3. The normalized spacial score (nSPS) is 14.9. The summed E-state index contributed by atoms with van der Waals surface area (Å²) in [5.74, 6) is 0.265. The van der Waals surface area contributed by atoms with Gasteiger partial charge in [0.2, 0.25) is 11.8 Å². The summed E-state index contributed by atoms with van der Waals surface area (Å²) in [5.41, 5.74) is 4.76. The number of hydrogen-bond donors (Lipinski definition) is 1. The molecule has 0 saturated carbocycles. The second kappa shape index (κ2) is 11.5. The molecular formula is C32H27FN4O3S. The van der Waals surface area contributed by atoms with E-state index in [9.17, 15) is 14.0 Å². The number of furan rings is 1. The zero-order valence-electron chi connectivity index (χ0n) is 22.3. The van der Waals surface area contributed by atoms with Gasteiger partial charge in [0.15, 0.2) is 0 Å². The number of halogens is 1. The number of thioether (sulfide) groups is 1. The quantitative estimate of drug-likeness (QED) is 0.259. The van der Waals surface area contributed by atoms with Gasteiger partial charge in [-0.25, -0.2) is 9.07 Å². The summed E-state index contributed by atoms with van der Waals surface area (Å²) in [7, 11) is 0. The highest BCUT2D eigenvalue weighted by Crippen LogP contribution is 2.48. The van der Waals surface area contributed by atoms with Crippen LogP contribution < -0.4 is 10.2 Å². The van der Waals surface area contributed by atoms with Crippen LogP contribution in [-0.2, 0) is 16.1 Å². The number of amides is 2. The van der Waals surface area contributed by atoms with Gasteiger partial charge in [-0.2, -0.15) is 5.10 Å². The van der Waals surface area contributed by atoms with Gasteiger partial charge in [-0.1, -0.05) is 54.6 Å². The van der Waals surface area contributed by atoms with Gasteiger partial charge >= 0.3 is 0 Å². The lowest BCUT2D eigenvalue weighted by molar-refractivity contribution is -0.123. The lowest BCUT2D eigenvalue weighted by Gasteiger charge is -2.23. The van der Waals surface area contributed by atoms with Gasteiger partial charge in [-0.3, -0.25) is 14.5 Å². The molecule has 5 aromatic rings. The first kappa shape index (κ1) is 26.6. The minimum absolute atomic E-state index is 0.101. The molecule has 3 aromatic carbocycles. The molecule has 1 aliphatic heterocycles. The van der Waals surface area contributed by atoms with Gasteiger partial charge in [0.25, 0.3) is 0 Å². The van der Waals surface area contributed by atoms with E-state index in [0.29, 0.717) is 22.8 Å². The number of nitrogens with zero attached hydrogens (tertiary/aromatic N) is 3. The summed E-state index contributed by atoms with van der Waals surface area (Å²) in [6.07, 6.45) is 1.54. The van der Waals surface area contributed by atoms with Crippen LogP contribution in [0.4, 0.5) is 10.2 Å². The molecule has 0 aliphatic carbocycles. The molecule has 6 rings (SSSR count). The molecule has 1 N–H and O–H groups in total. The Morgan fingerprint density at radius 2 is 1.88 bits per heavy atom. The van der Waals surface area contributed by atoms with Crippen LogP contribution in [0.2, 0.25) is 0 Å². The molecule has 41 heavy (non-hydrogen) atoms. The fourth-order valence-electron chi connectivity index (χ4n) is 5.00. The molecule has 1 atom stereocenters. The van der Waals surface area contributed by atoms with E-state index >= 15 is 0 Å². The third-order valence-electron chi connectivity index (χ3n) is 6.88. The number of carbonyl (C=O) groups excluding carboxylic acids is 2. The Hall–Kier alpha value is -4.63. The van der Waals surface area contributed by atoms with E-state index in [1.165, 1.54) is 28.8 Å². The topological polar surface area (TPSA) is 80.4 Å². The minimum atomic E-state index is -0.408. The Labute approximate surface area is 241 Å². The van der Waals surface area contributed by atoms with Gasteiger partial charge in [-0.05, 0) is 54.4 Å². The highest BCUT2D eigenvalue weighted by molar-refractivity contribution is 8.00. The third-order valence-corrected chi connectivity index (χ3v) is 8.13. The molecule has 7 nitrogen and oxygen atoms in total. The van der Waals surface area contributed by atoms with Crippen LogP contribution in [0, 0.1) is 12.7 Å². The van der Waals surface area contributed by atoms with Gasteiger partial charge < -0.3 is 9.73 Å². The summed E-state index contributed by atoms with van der Waals surface area (Å²) >= 11 is 1.40. The number of benzene rings is 3. The molecule has 0 saturated heterocycles. The van der Waals surface area contributed by atoms with E-state index in [4.69, 9.17) is 9.52 Å². The lowest BCUT2D eigenvalue weighted by Crippen LogP contribution is -2.42. The van der Waals surface area contributed by atoms with Crippen LogP contribution in [-0.4, -0.2) is 33.9 Å². The molecule has 0 unspecified atom stereocenters. The third kappa shape index (κ3) is 5.53. The van der Waals surface area contributed by atoms with Crippen molar-refractivity contribution in [2.45, 2.75) is 18.7 Å². The van der Waals surface area contributed by atoms with Gasteiger partial charge in [0.1, 0.15) is 23.9 Å². The minimum Gasteiger partial charge on any atom is -0.467 e. The van der Waals surface area contributed by atoms with E-state index in [1.807, 2.05) is 67.6 Å². The van der Waals surface area contributed by atoms with Crippen molar-refractivity contribution in [1.29, 1.82) is 0 Å². The average molecular weight is 567 g/mol. The molecule has 0 fully saturated rings. The molecule has 2 amide bonds. The monoisotopic (exact) mass is 566 g/mol. The first-order valence-electron chi connectivity index (χ1n) is 13.2. The highest BCUT2D eigenvalue weighted by Gasteiger charge is 2.37. The van der Waals surface area contributed by atoms with Crippen molar-refractivity contribution in [2.75, 3.05) is 17.2 Å². The number of carbonyl (C=O) groups is 2. The van der Waals surface area contributed by atoms with Crippen molar-refractivity contribution < 1.29 is 18.4 Å². The Morgan fingerprint density at radius 1 is 1.05 bits per heavy atom. The number of hydrogen-bond acceptors (Lipinski definition) is 5. The fraction of sp³-hybridized carbons (Fsp3) is 0.156. The Balaban J connectivity index is 1.54. The number of nitrogens with one attached hydrogen (secondary N) is 1. The highest BCUT2D eigenvalue weighted by atomic mass is 32.2. The zero-order valence-corrected chi connectivity index (χ0v) is 23.1. The largest absolute Gasteiger partial charge is 0.467 e. The summed E-state index contributed by atoms with van der Waals surface area (Å²) in [4.78, 5) is 28.5. The molecule has 3 heterocycles. The smallest absolute Gasteiger partial charge is 0.240 e. The Morgan fingerprint density at radius 3 is 2.63 bits per heavy atom. The predicted molar refractivity (Wildman–Crippen MR) is 157 cm³/mol. The van der Waals surface area contributed by atoms with Crippen molar-refractivity contribution in [3.63, 3.8) is 0 Å². The average Bonchev–Trinajstić information content (AvgIpc) is 3.61. The maximum atomic E-state index is 14.5. The van der Waals surface area contributed by atoms with Gasteiger partial charge in [0.05, 0.1) is 35.2 Å². The summed E-state index contributed by atoms with van der Waals surface area (Å²) in [6.45, 7) is 1.97. The maximum Gasteiger partial charge on any atom is 0.240 e. The number of anilines is 1. The van der Waals surface area contributed by atoms with Gasteiger partial charge in [-0.15, -0.1) is 11.8 Å². The SMILES string of the molecule is Cc1cccc(-n2nc(-c3ccccc3)c3c2N(CC(=O)NCc2ccco2)C(=O)CS[C@H]3c2cccc(F)c2)c1. The first-order chi connectivity index (χ1) is 20.0. The lowest BCUT2D eigenvalue weighted by atomic mass is 9.99. The molecule has 206 valence electrons. The second-order valence-electron chi connectivity index (χ2n) is 9.78. The molecule has 2 aromatic heterocycles. The summed E-state index contributed by atoms with van der Waals surface area (Å²) in [5, 5.41) is 7.50. The molecular weight excluding hydrogens is 539 g/mol. The van der Waals surface area contributed by atoms with Crippen molar-refractivity contribution in [2.24, 2.45) is 0 Å². The summed E-state index contributed by atoms with van der Waals surface area (Å²) in [6, 6.07) is 27.5. The Bertz CT molecular complexity index is 1700. The number of fused-ring (bicyclic) bond motifs is 1. The standard InChI is InChI=1S/C32H27FN4O3S/c1-21-8-5-13-25(16-21)37-32-29(30(35-37)22-9-3-2-4-10-22)31(23-11-6-12-24(33)17-23)41-20-28(39)36(32)19-27(38)34-18-26-14-7-15-40-26/h2-17,31H,18-20H2,1H3,(H,34,38)/t31-/m0/s1. The van der Waals surface area contributed by atoms with Crippen LogP contribution in [0.25, 0.3) is 16.9 Å². The molecule has 0 spiro atoms. The number of rotatable bonds is 7. The maximum absolute atomic E-state index is 14.5. The molecule has 1 aliphatic rings. The van der Waals surface area contributed by atoms with E-state index in [1.54, 1.807) is 29.1 Å². The van der Waals surface area contributed by atoms with E-state index in [-0.39, 0.29) is 36.5 Å². The molecule has 9 heteroatoms. The van der Waals surface area contributed by atoms with E-state index in [0.717, 1.165) is 22.4 Å². The van der Waals surface area contributed by atoms with Gasteiger partial charge in [0, 0.05) is 11.1 Å².